The van der Waals surface area contributed by atoms with Gasteiger partial charge in [0.05, 0.1) is 6.54 Å². The van der Waals surface area contributed by atoms with Crippen LogP contribution < -0.4 is 10.6 Å². The molecular formula is C20H18N2O2. The van der Waals surface area contributed by atoms with Crippen molar-refractivity contribution in [2.24, 2.45) is 5.92 Å². The van der Waals surface area contributed by atoms with Crippen molar-refractivity contribution < 1.29 is 9.59 Å². The number of anilines is 1. The highest BCUT2D eigenvalue weighted by Gasteiger charge is 2.29. The van der Waals surface area contributed by atoms with E-state index in [1.54, 1.807) is 24.3 Å². The summed E-state index contributed by atoms with van der Waals surface area (Å²) in [6.45, 7) is 0.270. The Bertz CT molecular complexity index is 799. The normalized spacial score (nSPS) is 12.7. The maximum atomic E-state index is 12.1. The molecule has 4 nitrogen and oxygen atoms in total. The zero-order valence-electron chi connectivity index (χ0n) is 13.2. The van der Waals surface area contributed by atoms with Crippen LogP contribution in [0.15, 0.2) is 54.6 Å². The van der Waals surface area contributed by atoms with Gasteiger partial charge in [-0.1, -0.05) is 36.1 Å². The largest absolute Gasteiger partial charge is 0.341 e. The third-order valence-electron chi connectivity index (χ3n) is 3.68. The Hall–Kier alpha value is -3.06. The highest BCUT2D eigenvalue weighted by atomic mass is 16.2. The molecule has 2 aromatic rings. The van der Waals surface area contributed by atoms with Crippen LogP contribution in [0, 0.1) is 17.8 Å². The van der Waals surface area contributed by atoms with E-state index in [1.165, 1.54) is 0 Å². The molecule has 2 amide bonds. The predicted molar refractivity (Wildman–Crippen MR) is 93.4 cm³/mol. The van der Waals surface area contributed by atoms with Gasteiger partial charge in [0.1, 0.15) is 0 Å². The van der Waals surface area contributed by atoms with E-state index in [4.69, 9.17) is 0 Å². The smallest absolute Gasteiger partial charge is 0.252 e. The molecule has 2 aromatic carbocycles. The summed E-state index contributed by atoms with van der Waals surface area (Å²) in [5, 5.41) is 5.60. The zero-order valence-corrected chi connectivity index (χ0v) is 13.2. The van der Waals surface area contributed by atoms with Crippen LogP contribution >= 0.6 is 0 Å². The Morgan fingerprint density at radius 2 is 1.83 bits per heavy atom. The van der Waals surface area contributed by atoms with Crippen molar-refractivity contribution >= 4 is 17.5 Å². The van der Waals surface area contributed by atoms with E-state index in [9.17, 15) is 9.59 Å². The summed E-state index contributed by atoms with van der Waals surface area (Å²) in [4.78, 5) is 23.9. The standard InChI is InChI=1S/C20H18N2O2/c23-19(21-13-5-8-15-6-2-1-3-7-15)17-9-4-10-18(14-17)22-20(24)16-11-12-16/h1-4,6-7,9-10,14,16H,11-13H2,(H,21,23)(H,22,24). The van der Waals surface area contributed by atoms with Gasteiger partial charge in [-0.05, 0) is 43.2 Å². The van der Waals surface area contributed by atoms with E-state index < -0.39 is 0 Å². The lowest BCUT2D eigenvalue weighted by Gasteiger charge is -2.06. The fourth-order valence-corrected chi connectivity index (χ4v) is 2.22. The Kier molecular flexibility index (Phi) is 4.93. The van der Waals surface area contributed by atoms with E-state index in [0.717, 1.165) is 18.4 Å². The van der Waals surface area contributed by atoms with Crippen molar-refractivity contribution in [2.45, 2.75) is 12.8 Å². The third kappa shape index (κ3) is 4.47. The van der Waals surface area contributed by atoms with E-state index in [1.807, 2.05) is 30.3 Å². The van der Waals surface area contributed by atoms with Crippen LogP contribution in [0.3, 0.4) is 0 Å². The average Bonchev–Trinajstić information content (AvgIpc) is 3.45. The van der Waals surface area contributed by atoms with Crippen molar-refractivity contribution in [3.63, 3.8) is 0 Å². The molecule has 0 saturated heterocycles. The van der Waals surface area contributed by atoms with Gasteiger partial charge in [-0.3, -0.25) is 9.59 Å². The van der Waals surface area contributed by atoms with Gasteiger partial charge in [0, 0.05) is 22.7 Å². The zero-order chi connectivity index (χ0) is 16.8. The van der Waals surface area contributed by atoms with Gasteiger partial charge in [-0.2, -0.15) is 0 Å². The molecule has 0 unspecified atom stereocenters. The SMILES string of the molecule is O=C(NCC#Cc1ccccc1)c1cccc(NC(=O)C2CC2)c1. The number of carbonyl (C=O) groups excluding carboxylic acids is 2. The molecule has 0 heterocycles. The van der Waals surface area contributed by atoms with Gasteiger partial charge >= 0.3 is 0 Å². The summed E-state index contributed by atoms with van der Waals surface area (Å²) in [7, 11) is 0. The maximum Gasteiger partial charge on any atom is 0.252 e. The highest BCUT2D eigenvalue weighted by molar-refractivity contribution is 5.98. The molecule has 24 heavy (non-hydrogen) atoms. The molecule has 1 fully saturated rings. The molecule has 1 aliphatic carbocycles. The first-order valence-corrected chi connectivity index (χ1v) is 7.95. The van der Waals surface area contributed by atoms with Gasteiger partial charge in [-0.15, -0.1) is 0 Å². The minimum atomic E-state index is -0.208. The first-order valence-electron chi connectivity index (χ1n) is 7.95. The van der Waals surface area contributed by atoms with Crippen LogP contribution in [0.25, 0.3) is 0 Å². The van der Waals surface area contributed by atoms with Crippen molar-refractivity contribution in [2.75, 3.05) is 11.9 Å². The first kappa shape index (κ1) is 15.8. The van der Waals surface area contributed by atoms with Gasteiger partial charge in [0.15, 0.2) is 0 Å². The first-order chi connectivity index (χ1) is 11.7. The van der Waals surface area contributed by atoms with Crippen LogP contribution in [0.2, 0.25) is 0 Å². The summed E-state index contributed by atoms with van der Waals surface area (Å²) < 4.78 is 0. The Morgan fingerprint density at radius 3 is 2.58 bits per heavy atom. The molecule has 0 radical (unpaired) electrons. The number of nitrogens with one attached hydrogen (secondary N) is 2. The van der Waals surface area contributed by atoms with E-state index in [2.05, 4.69) is 22.5 Å². The summed E-state index contributed by atoms with van der Waals surface area (Å²) >= 11 is 0. The minimum absolute atomic E-state index is 0.0290. The average molecular weight is 318 g/mol. The fraction of sp³-hybridized carbons (Fsp3) is 0.200. The van der Waals surface area contributed by atoms with E-state index in [-0.39, 0.29) is 24.3 Å². The van der Waals surface area contributed by atoms with Crippen molar-refractivity contribution in [1.82, 2.24) is 5.32 Å². The number of amides is 2. The van der Waals surface area contributed by atoms with Crippen LogP contribution in [0.5, 0.6) is 0 Å². The maximum absolute atomic E-state index is 12.1. The molecule has 0 spiro atoms. The lowest BCUT2D eigenvalue weighted by molar-refractivity contribution is -0.117. The molecule has 2 N–H and O–H groups in total. The summed E-state index contributed by atoms with van der Waals surface area (Å²) in [6, 6.07) is 16.5. The van der Waals surface area contributed by atoms with E-state index in [0.29, 0.717) is 11.3 Å². The van der Waals surface area contributed by atoms with Crippen molar-refractivity contribution in [1.29, 1.82) is 0 Å². The summed E-state index contributed by atoms with van der Waals surface area (Å²) in [5.74, 6) is 5.86. The Labute approximate surface area is 141 Å². The molecule has 0 aromatic heterocycles. The van der Waals surface area contributed by atoms with Gasteiger partial charge in [0.2, 0.25) is 5.91 Å². The predicted octanol–water partition coefficient (Wildman–Crippen LogP) is 2.82. The molecule has 4 heteroatoms. The number of hydrogen-bond donors (Lipinski definition) is 2. The molecular weight excluding hydrogens is 300 g/mol. The topological polar surface area (TPSA) is 58.2 Å². The second-order valence-corrected chi connectivity index (χ2v) is 5.69. The molecule has 0 bridgehead atoms. The molecule has 1 saturated carbocycles. The molecule has 120 valence electrons. The summed E-state index contributed by atoms with van der Waals surface area (Å²) in [5.41, 5.74) is 2.07. The van der Waals surface area contributed by atoms with Crippen molar-refractivity contribution in [3.05, 3.63) is 65.7 Å². The number of hydrogen-bond acceptors (Lipinski definition) is 2. The van der Waals surface area contributed by atoms with Gasteiger partial charge in [-0.25, -0.2) is 0 Å². The highest BCUT2D eigenvalue weighted by Crippen LogP contribution is 2.30. The molecule has 3 rings (SSSR count). The van der Waals surface area contributed by atoms with Crippen molar-refractivity contribution in [3.8, 4) is 11.8 Å². The van der Waals surface area contributed by atoms with Gasteiger partial charge in [0.25, 0.3) is 5.91 Å². The molecule has 0 aliphatic heterocycles. The number of carbonyl (C=O) groups is 2. The van der Waals surface area contributed by atoms with Gasteiger partial charge < -0.3 is 10.6 Å². The monoisotopic (exact) mass is 318 g/mol. The summed E-state index contributed by atoms with van der Waals surface area (Å²) in [6.07, 6.45) is 1.90. The van der Waals surface area contributed by atoms with Crippen LogP contribution in [0.4, 0.5) is 5.69 Å². The Balaban J connectivity index is 1.55. The van der Waals surface area contributed by atoms with Crippen LogP contribution in [-0.2, 0) is 4.79 Å². The Morgan fingerprint density at radius 1 is 1.04 bits per heavy atom. The quantitative estimate of drug-likeness (QED) is 0.852. The van der Waals surface area contributed by atoms with Crippen LogP contribution in [0.1, 0.15) is 28.8 Å². The number of benzene rings is 2. The second-order valence-electron chi connectivity index (χ2n) is 5.69. The lowest BCUT2D eigenvalue weighted by atomic mass is 10.2. The fourth-order valence-electron chi connectivity index (χ4n) is 2.22. The molecule has 1 aliphatic rings. The number of rotatable bonds is 4. The van der Waals surface area contributed by atoms with E-state index >= 15 is 0 Å². The lowest BCUT2D eigenvalue weighted by Crippen LogP contribution is -2.23. The van der Waals surface area contributed by atoms with Crippen LogP contribution in [-0.4, -0.2) is 18.4 Å². The second kappa shape index (κ2) is 7.47. The minimum Gasteiger partial charge on any atom is -0.341 e. The third-order valence-corrected chi connectivity index (χ3v) is 3.68. The molecule has 0 atom stereocenters.